The highest BCUT2D eigenvalue weighted by atomic mass is 35.5. The molecule has 0 spiro atoms. The summed E-state index contributed by atoms with van der Waals surface area (Å²) in [5.41, 5.74) is 4.19. The Labute approximate surface area is 110 Å². The van der Waals surface area contributed by atoms with Gasteiger partial charge in [-0.2, -0.15) is 0 Å². The molecule has 0 bridgehead atoms. The molecule has 0 aliphatic carbocycles. The normalized spacial score (nSPS) is 11.4. The van der Waals surface area contributed by atoms with Gasteiger partial charge in [-0.3, -0.25) is 19.7 Å². The zero-order chi connectivity index (χ0) is 13.9. The van der Waals surface area contributed by atoms with Crippen LogP contribution in [0.4, 0.5) is 5.69 Å². The second kappa shape index (κ2) is 5.58. The van der Waals surface area contributed by atoms with Crippen LogP contribution in [-0.4, -0.2) is 25.9 Å². The van der Waals surface area contributed by atoms with E-state index in [0.717, 1.165) is 6.07 Å². The van der Waals surface area contributed by atoms with Crippen LogP contribution in [0.15, 0.2) is 10.3 Å². The van der Waals surface area contributed by atoms with Crippen molar-refractivity contribution >= 4 is 44.6 Å². The van der Waals surface area contributed by atoms with Gasteiger partial charge < -0.3 is 5.73 Å². The second-order valence-electron chi connectivity index (χ2n) is 2.82. The van der Waals surface area contributed by atoms with Crippen LogP contribution in [0.2, 0.25) is 4.34 Å². The van der Waals surface area contributed by atoms with E-state index < -0.39 is 37.4 Å². The number of hydrogen-bond donors (Lipinski definition) is 2. The van der Waals surface area contributed by atoms with Crippen LogP contribution in [0, 0.1) is 10.1 Å². The van der Waals surface area contributed by atoms with Crippen molar-refractivity contribution in [3.8, 4) is 0 Å². The van der Waals surface area contributed by atoms with Gasteiger partial charge in [-0.05, 0) is 0 Å². The van der Waals surface area contributed by atoms with Crippen LogP contribution in [0.1, 0.15) is 0 Å². The van der Waals surface area contributed by atoms with Crippen molar-refractivity contribution in [2.75, 3.05) is 6.61 Å². The minimum Gasteiger partial charge on any atom is -0.368 e. The molecule has 1 heterocycles. The Morgan fingerprint density at radius 2 is 2.28 bits per heavy atom. The van der Waals surface area contributed by atoms with E-state index in [2.05, 4.69) is 4.84 Å². The number of nitro groups is 1. The van der Waals surface area contributed by atoms with E-state index in [-0.39, 0.29) is 4.34 Å². The number of halogens is 1. The van der Waals surface area contributed by atoms with Gasteiger partial charge in [0.25, 0.3) is 15.7 Å². The van der Waals surface area contributed by atoms with Crippen LogP contribution < -0.4 is 10.6 Å². The number of carbonyl (C=O) groups is 1. The van der Waals surface area contributed by atoms with Crippen molar-refractivity contribution in [1.82, 2.24) is 4.89 Å². The number of primary amides is 1. The molecular weight excluding hydrogens is 310 g/mol. The maximum absolute atomic E-state index is 11.5. The Hall–Kier alpha value is -1.27. The van der Waals surface area contributed by atoms with Crippen molar-refractivity contribution < 1.29 is 23.0 Å². The van der Waals surface area contributed by atoms with Gasteiger partial charge in [0.1, 0.15) is 10.8 Å². The van der Waals surface area contributed by atoms with Crippen LogP contribution in [-0.2, 0) is 19.7 Å². The topological polar surface area (TPSA) is 142 Å². The van der Waals surface area contributed by atoms with Gasteiger partial charge in [-0.25, -0.2) is 8.42 Å². The molecule has 3 N–H and O–H groups in total. The van der Waals surface area contributed by atoms with Gasteiger partial charge in [0.05, 0.1) is 4.92 Å². The molecule has 9 nitrogen and oxygen atoms in total. The average molecular weight is 316 g/mol. The SMILES string of the molecule is NC(=O)CONS(=O)(=O)c1cc([N+](=O)[O-])c(Cl)s1. The molecule has 0 atom stereocenters. The zero-order valence-electron chi connectivity index (χ0n) is 8.45. The van der Waals surface area contributed by atoms with Crippen molar-refractivity contribution in [2.45, 2.75) is 4.21 Å². The quantitative estimate of drug-likeness (QED) is 0.559. The highest BCUT2D eigenvalue weighted by Gasteiger charge is 2.25. The molecule has 0 aliphatic heterocycles. The lowest BCUT2D eigenvalue weighted by molar-refractivity contribution is -0.384. The fourth-order valence-electron chi connectivity index (χ4n) is 0.815. The first-order chi connectivity index (χ1) is 8.24. The number of carbonyl (C=O) groups excluding carboxylic acids is 1. The summed E-state index contributed by atoms with van der Waals surface area (Å²) in [5, 5.41) is 10.5. The third-order valence-electron chi connectivity index (χ3n) is 1.49. The molecule has 100 valence electrons. The lowest BCUT2D eigenvalue weighted by Crippen LogP contribution is -2.29. The predicted octanol–water partition coefficient (Wildman–Crippen LogP) is 0.00490. The van der Waals surface area contributed by atoms with Gasteiger partial charge in [-0.15, -0.1) is 11.3 Å². The molecular formula is C6H6ClN3O6S2. The lowest BCUT2D eigenvalue weighted by Gasteiger charge is -2.02. The largest absolute Gasteiger partial charge is 0.368 e. The number of nitrogens with one attached hydrogen (secondary N) is 1. The highest BCUT2D eigenvalue weighted by Crippen LogP contribution is 2.35. The molecule has 1 aromatic rings. The number of amides is 1. The Kier molecular flexibility index (Phi) is 4.59. The van der Waals surface area contributed by atoms with Crippen LogP contribution >= 0.6 is 22.9 Å². The molecule has 0 radical (unpaired) electrons. The zero-order valence-corrected chi connectivity index (χ0v) is 10.8. The minimum absolute atomic E-state index is 0.282. The van der Waals surface area contributed by atoms with Crippen molar-refractivity contribution in [3.63, 3.8) is 0 Å². The maximum Gasteiger partial charge on any atom is 0.300 e. The monoisotopic (exact) mass is 315 g/mol. The number of sulfonamides is 1. The fourth-order valence-corrected chi connectivity index (χ4v) is 3.26. The molecule has 0 saturated heterocycles. The summed E-state index contributed by atoms with van der Waals surface area (Å²) < 4.78 is 22.4. The van der Waals surface area contributed by atoms with Gasteiger partial charge in [-0.1, -0.05) is 16.5 Å². The third kappa shape index (κ3) is 3.61. The summed E-state index contributed by atoms with van der Waals surface area (Å²) in [6, 6.07) is 0.781. The summed E-state index contributed by atoms with van der Waals surface area (Å²) in [6.07, 6.45) is 0. The van der Waals surface area contributed by atoms with Gasteiger partial charge in [0.15, 0.2) is 4.34 Å². The van der Waals surface area contributed by atoms with E-state index in [1.807, 2.05) is 0 Å². The number of nitrogens with zero attached hydrogens (tertiary/aromatic N) is 1. The van der Waals surface area contributed by atoms with Gasteiger partial charge in [0, 0.05) is 6.07 Å². The standard InChI is InChI=1S/C6H6ClN3O6S2/c7-6-3(10(12)13)1-5(17-6)18(14,15)9-16-2-4(8)11/h1,9H,2H2,(H2,8,11). The first-order valence-corrected chi connectivity index (χ1v) is 6.77. The van der Waals surface area contributed by atoms with Gasteiger partial charge >= 0.3 is 0 Å². The smallest absolute Gasteiger partial charge is 0.300 e. The van der Waals surface area contributed by atoms with E-state index >= 15 is 0 Å². The van der Waals surface area contributed by atoms with Gasteiger partial charge in [0.2, 0.25) is 5.91 Å². The first kappa shape index (κ1) is 14.8. The third-order valence-corrected chi connectivity index (χ3v) is 4.52. The Balaban J connectivity index is 2.89. The maximum atomic E-state index is 11.5. The molecule has 1 rings (SSSR count). The number of rotatable bonds is 6. The fraction of sp³-hybridized carbons (Fsp3) is 0.167. The molecule has 0 aliphatic rings. The van der Waals surface area contributed by atoms with E-state index in [4.69, 9.17) is 17.3 Å². The molecule has 0 fully saturated rings. The molecule has 0 unspecified atom stereocenters. The molecule has 18 heavy (non-hydrogen) atoms. The molecule has 1 aromatic heterocycles. The van der Waals surface area contributed by atoms with Crippen molar-refractivity contribution in [3.05, 3.63) is 20.5 Å². The second-order valence-corrected chi connectivity index (χ2v) is 6.35. The molecule has 0 saturated carbocycles. The number of thiophene rings is 1. The van der Waals surface area contributed by atoms with Crippen LogP contribution in [0.25, 0.3) is 0 Å². The summed E-state index contributed by atoms with van der Waals surface area (Å²) in [7, 11) is -4.14. The van der Waals surface area contributed by atoms with Crippen LogP contribution in [0.3, 0.4) is 0 Å². The predicted molar refractivity (Wildman–Crippen MR) is 61.5 cm³/mol. The Bertz CT molecular complexity index is 582. The molecule has 0 aromatic carbocycles. The molecule has 1 amide bonds. The Morgan fingerprint density at radius 3 is 2.72 bits per heavy atom. The summed E-state index contributed by atoms with van der Waals surface area (Å²) >= 11 is 5.99. The lowest BCUT2D eigenvalue weighted by atomic mass is 10.6. The van der Waals surface area contributed by atoms with E-state index in [9.17, 15) is 23.3 Å². The summed E-state index contributed by atoms with van der Waals surface area (Å²) in [4.78, 5) is 25.9. The van der Waals surface area contributed by atoms with E-state index in [0.29, 0.717) is 11.3 Å². The summed E-state index contributed by atoms with van der Waals surface area (Å²) in [6.45, 7) is -0.666. The Morgan fingerprint density at radius 1 is 1.67 bits per heavy atom. The number of hydrogen-bond acceptors (Lipinski definition) is 7. The van der Waals surface area contributed by atoms with Crippen LogP contribution in [0.5, 0.6) is 0 Å². The number of nitrogens with two attached hydrogens (primary N) is 1. The summed E-state index contributed by atoms with van der Waals surface area (Å²) in [5.74, 6) is -0.882. The van der Waals surface area contributed by atoms with Crippen molar-refractivity contribution in [2.24, 2.45) is 5.73 Å². The van der Waals surface area contributed by atoms with Crippen molar-refractivity contribution in [1.29, 1.82) is 0 Å². The highest BCUT2D eigenvalue weighted by molar-refractivity contribution is 7.91. The minimum atomic E-state index is -4.14. The molecule has 12 heteroatoms. The van der Waals surface area contributed by atoms with E-state index in [1.165, 1.54) is 0 Å². The van der Waals surface area contributed by atoms with E-state index in [1.54, 1.807) is 4.89 Å². The average Bonchev–Trinajstić information content (AvgIpc) is 2.60. The first-order valence-electron chi connectivity index (χ1n) is 4.09.